The van der Waals surface area contributed by atoms with Gasteiger partial charge in [-0.1, -0.05) is 13.0 Å². The van der Waals surface area contributed by atoms with Gasteiger partial charge in [-0.05, 0) is 36.6 Å². The van der Waals surface area contributed by atoms with E-state index in [1.54, 1.807) is 0 Å². The maximum atomic E-state index is 4.26. The highest BCUT2D eigenvalue weighted by Gasteiger charge is 1.93. The third-order valence-corrected chi connectivity index (χ3v) is 1.99. The summed E-state index contributed by atoms with van der Waals surface area (Å²) in [4.78, 5) is 1.06. The summed E-state index contributed by atoms with van der Waals surface area (Å²) in [5, 5.41) is 0. The van der Waals surface area contributed by atoms with Crippen LogP contribution in [0.2, 0.25) is 0 Å². The quantitative estimate of drug-likeness (QED) is 0.588. The van der Waals surface area contributed by atoms with Crippen LogP contribution in [0.5, 0.6) is 0 Å². The molecule has 0 unspecified atom stereocenters. The minimum Gasteiger partial charge on any atom is -0.143 e. The number of rotatable bonds is 1. The zero-order chi connectivity index (χ0) is 7.56. The van der Waals surface area contributed by atoms with Gasteiger partial charge >= 0.3 is 0 Å². The molecule has 0 aliphatic heterocycles. The van der Waals surface area contributed by atoms with Crippen LogP contribution in [0.3, 0.4) is 0 Å². The molecule has 0 aromatic heterocycles. The maximum absolute atomic E-state index is 4.26. The molecule has 1 rings (SSSR count). The van der Waals surface area contributed by atoms with Crippen molar-refractivity contribution in [3.63, 3.8) is 0 Å². The summed E-state index contributed by atoms with van der Waals surface area (Å²) in [6, 6.07) is 6.26. The van der Waals surface area contributed by atoms with Gasteiger partial charge in [0.15, 0.2) is 0 Å². The Morgan fingerprint density at radius 2 is 2.10 bits per heavy atom. The van der Waals surface area contributed by atoms with Crippen LogP contribution in [0.1, 0.15) is 18.1 Å². The molecule has 1 aromatic carbocycles. The summed E-state index contributed by atoms with van der Waals surface area (Å²) in [7, 11) is 0. The normalized spacial score (nSPS) is 9.90. The molecule has 0 aliphatic rings. The fourth-order valence-electron chi connectivity index (χ4n) is 1.04. The lowest BCUT2D eigenvalue weighted by Gasteiger charge is -2.01. The highest BCUT2D eigenvalue weighted by molar-refractivity contribution is 7.80. The molecule has 0 radical (unpaired) electrons. The standard InChI is InChI=1S/C9H12S/c1-3-8-6-9(10)5-4-7(8)2/h4-6,10H,3H2,1-2H3. The summed E-state index contributed by atoms with van der Waals surface area (Å²) in [5.74, 6) is 0. The molecule has 0 saturated heterocycles. The van der Waals surface area contributed by atoms with E-state index < -0.39 is 0 Å². The molecule has 0 atom stereocenters. The molecule has 10 heavy (non-hydrogen) atoms. The SMILES string of the molecule is CCc1cc(S)ccc1C. The fourth-order valence-corrected chi connectivity index (χ4v) is 1.27. The molecule has 0 nitrogen and oxygen atoms in total. The molecule has 54 valence electrons. The summed E-state index contributed by atoms with van der Waals surface area (Å²) < 4.78 is 0. The second-order valence-electron chi connectivity index (χ2n) is 2.46. The van der Waals surface area contributed by atoms with Crippen molar-refractivity contribution >= 4 is 12.6 Å². The second kappa shape index (κ2) is 3.11. The van der Waals surface area contributed by atoms with Crippen LogP contribution in [0.25, 0.3) is 0 Å². The Hall–Kier alpha value is -0.430. The van der Waals surface area contributed by atoms with Crippen LogP contribution in [-0.4, -0.2) is 0 Å². The van der Waals surface area contributed by atoms with E-state index in [-0.39, 0.29) is 0 Å². The van der Waals surface area contributed by atoms with E-state index in [0.29, 0.717) is 0 Å². The molecular formula is C9H12S. The first-order valence-electron chi connectivity index (χ1n) is 3.52. The van der Waals surface area contributed by atoms with Crippen molar-refractivity contribution in [2.24, 2.45) is 0 Å². The lowest BCUT2D eigenvalue weighted by atomic mass is 10.1. The molecule has 0 heterocycles. The van der Waals surface area contributed by atoms with E-state index in [9.17, 15) is 0 Å². The minimum atomic E-state index is 1.06. The van der Waals surface area contributed by atoms with Crippen molar-refractivity contribution in [3.05, 3.63) is 29.3 Å². The van der Waals surface area contributed by atoms with Gasteiger partial charge in [0.1, 0.15) is 0 Å². The molecular weight excluding hydrogens is 140 g/mol. The number of hydrogen-bond donors (Lipinski definition) is 1. The van der Waals surface area contributed by atoms with Crippen LogP contribution in [0, 0.1) is 6.92 Å². The van der Waals surface area contributed by atoms with Crippen LogP contribution < -0.4 is 0 Å². The van der Waals surface area contributed by atoms with Crippen molar-refractivity contribution in [1.29, 1.82) is 0 Å². The van der Waals surface area contributed by atoms with Gasteiger partial charge < -0.3 is 0 Å². The van der Waals surface area contributed by atoms with Crippen molar-refractivity contribution in [1.82, 2.24) is 0 Å². The fraction of sp³-hybridized carbons (Fsp3) is 0.333. The monoisotopic (exact) mass is 152 g/mol. The number of benzene rings is 1. The summed E-state index contributed by atoms with van der Waals surface area (Å²) in [5.41, 5.74) is 2.76. The number of hydrogen-bond acceptors (Lipinski definition) is 1. The third kappa shape index (κ3) is 1.54. The summed E-state index contributed by atoms with van der Waals surface area (Å²) in [6.07, 6.45) is 1.10. The Balaban J connectivity index is 3.09. The average molecular weight is 152 g/mol. The van der Waals surface area contributed by atoms with Gasteiger partial charge in [-0.25, -0.2) is 0 Å². The van der Waals surface area contributed by atoms with Gasteiger partial charge in [0.05, 0.1) is 0 Å². The van der Waals surface area contributed by atoms with Gasteiger partial charge in [0, 0.05) is 4.90 Å². The molecule has 0 saturated carbocycles. The first kappa shape index (κ1) is 7.67. The van der Waals surface area contributed by atoms with Crippen LogP contribution in [0.4, 0.5) is 0 Å². The predicted octanol–water partition coefficient (Wildman–Crippen LogP) is 2.85. The van der Waals surface area contributed by atoms with Crippen LogP contribution >= 0.6 is 12.6 Å². The largest absolute Gasteiger partial charge is 0.143 e. The first-order chi connectivity index (χ1) is 4.74. The molecule has 0 amide bonds. The molecule has 1 aromatic rings. The lowest BCUT2D eigenvalue weighted by Crippen LogP contribution is -1.84. The Morgan fingerprint density at radius 1 is 1.40 bits per heavy atom. The molecule has 0 spiro atoms. The topological polar surface area (TPSA) is 0 Å². The zero-order valence-electron chi connectivity index (χ0n) is 6.39. The second-order valence-corrected chi connectivity index (χ2v) is 2.98. The van der Waals surface area contributed by atoms with Gasteiger partial charge in [-0.2, -0.15) is 0 Å². The van der Waals surface area contributed by atoms with E-state index in [0.717, 1.165) is 11.3 Å². The first-order valence-corrected chi connectivity index (χ1v) is 3.97. The van der Waals surface area contributed by atoms with E-state index in [2.05, 4.69) is 38.6 Å². The van der Waals surface area contributed by atoms with E-state index >= 15 is 0 Å². The van der Waals surface area contributed by atoms with Gasteiger partial charge in [0.25, 0.3) is 0 Å². The Morgan fingerprint density at radius 3 is 2.60 bits per heavy atom. The Bertz CT molecular complexity index is 228. The van der Waals surface area contributed by atoms with Gasteiger partial charge in [-0.15, -0.1) is 12.6 Å². The highest BCUT2D eigenvalue weighted by atomic mass is 32.1. The smallest absolute Gasteiger partial charge is 0.00429 e. The summed E-state index contributed by atoms with van der Waals surface area (Å²) in [6.45, 7) is 4.29. The number of aryl methyl sites for hydroxylation is 2. The zero-order valence-corrected chi connectivity index (χ0v) is 7.28. The van der Waals surface area contributed by atoms with Crippen molar-refractivity contribution in [3.8, 4) is 0 Å². The van der Waals surface area contributed by atoms with Crippen LogP contribution in [0.15, 0.2) is 23.1 Å². The van der Waals surface area contributed by atoms with E-state index in [4.69, 9.17) is 0 Å². The van der Waals surface area contributed by atoms with Crippen molar-refractivity contribution < 1.29 is 0 Å². The third-order valence-electron chi connectivity index (χ3n) is 1.71. The molecule has 0 aliphatic carbocycles. The molecule has 1 heteroatoms. The molecule has 0 N–H and O–H groups in total. The van der Waals surface area contributed by atoms with Crippen molar-refractivity contribution in [2.75, 3.05) is 0 Å². The summed E-state index contributed by atoms with van der Waals surface area (Å²) >= 11 is 4.26. The molecule has 0 bridgehead atoms. The minimum absolute atomic E-state index is 1.06. The lowest BCUT2D eigenvalue weighted by molar-refractivity contribution is 1.09. The van der Waals surface area contributed by atoms with E-state index in [1.165, 1.54) is 11.1 Å². The maximum Gasteiger partial charge on any atom is 0.00429 e. The number of thiol groups is 1. The van der Waals surface area contributed by atoms with Crippen molar-refractivity contribution in [2.45, 2.75) is 25.2 Å². The average Bonchev–Trinajstić information content (AvgIpc) is 1.94. The van der Waals surface area contributed by atoms with E-state index in [1.807, 2.05) is 6.07 Å². The Labute approximate surface area is 67.7 Å². The highest BCUT2D eigenvalue weighted by Crippen LogP contribution is 2.13. The van der Waals surface area contributed by atoms with Gasteiger partial charge in [-0.3, -0.25) is 0 Å². The van der Waals surface area contributed by atoms with Gasteiger partial charge in [0.2, 0.25) is 0 Å². The van der Waals surface area contributed by atoms with Crippen LogP contribution in [-0.2, 0) is 6.42 Å². The Kier molecular flexibility index (Phi) is 2.39. The predicted molar refractivity (Wildman–Crippen MR) is 47.8 cm³/mol. The molecule has 0 fully saturated rings.